The van der Waals surface area contributed by atoms with Crippen LogP contribution in [0.5, 0.6) is 0 Å². The molecule has 0 radical (unpaired) electrons. The van der Waals surface area contributed by atoms with Gasteiger partial charge in [-0.3, -0.25) is 0 Å². The molecule has 3 heterocycles. The van der Waals surface area contributed by atoms with Gasteiger partial charge in [0, 0.05) is 16.3 Å². The highest BCUT2D eigenvalue weighted by Crippen LogP contribution is 2.42. The molecule has 0 fully saturated rings. The minimum Gasteiger partial charge on any atom is -0.307 e. The van der Waals surface area contributed by atoms with Crippen LogP contribution in [-0.2, 0) is 13.5 Å². The van der Waals surface area contributed by atoms with E-state index in [1.165, 1.54) is 65.7 Å². The van der Waals surface area contributed by atoms with E-state index in [9.17, 15) is 0 Å². The van der Waals surface area contributed by atoms with Crippen LogP contribution in [0.3, 0.4) is 0 Å². The summed E-state index contributed by atoms with van der Waals surface area (Å²) in [6, 6.07) is 18.1. The maximum absolute atomic E-state index is 2.52. The van der Waals surface area contributed by atoms with E-state index < -0.39 is 0 Å². The molecule has 31 heavy (non-hydrogen) atoms. The largest absolute Gasteiger partial charge is 0.307 e. The second kappa shape index (κ2) is 5.97. The Bertz CT molecular complexity index is 1660. The van der Waals surface area contributed by atoms with Gasteiger partial charge in [0.15, 0.2) is 6.20 Å². The quantitative estimate of drug-likeness (QED) is 0.158. The number of aromatic nitrogens is 2. The number of fused-ring (bicyclic) bond motifs is 5. The summed E-state index contributed by atoms with van der Waals surface area (Å²) in [5.74, 6) is 0. The van der Waals surface area contributed by atoms with Gasteiger partial charge in [0.1, 0.15) is 7.05 Å². The summed E-state index contributed by atoms with van der Waals surface area (Å²) in [6.07, 6.45) is 3.43. The lowest BCUT2D eigenvalue weighted by atomic mass is 9.86. The Morgan fingerprint density at radius 2 is 1.55 bits per heavy atom. The highest BCUT2D eigenvalue weighted by molar-refractivity contribution is 6.26. The van der Waals surface area contributed by atoms with Gasteiger partial charge in [-0.05, 0) is 60.4 Å². The Balaban J connectivity index is 1.99. The summed E-state index contributed by atoms with van der Waals surface area (Å²) in [4.78, 5) is 0. The van der Waals surface area contributed by atoms with Crippen molar-refractivity contribution >= 4 is 49.0 Å². The van der Waals surface area contributed by atoms with Crippen molar-refractivity contribution in [3.63, 3.8) is 0 Å². The SMILES string of the molecule is Cc1cc2c3ccccc3n3c4cccc5c(CC(C)(C)C)c[n+](C)c(c(c1C)c23)c54. The summed E-state index contributed by atoms with van der Waals surface area (Å²) in [7, 11) is 2.23. The Morgan fingerprint density at radius 3 is 2.32 bits per heavy atom. The molecule has 2 heteroatoms. The highest BCUT2D eigenvalue weighted by Gasteiger charge is 2.26. The average Bonchev–Trinajstić information content (AvgIpc) is 3.04. The molecule has 0 atom stereocenters. The molecule has 2 nitrogen and oxygen atoms in total. The van der Waals surface area contributed by atoms with E-state index in [2.05, 4.69) is 105 Å². The maximum atomic E-state index is 2.52. The summed E-state index contributed by atoms with van der Waals surface area (Å²) in [6.45, 7) is 11.5. The van der Waals surface area contributed by atoms with Crippen LogP contribution in [0.2, 0.25) is 0 Å². The van der Waals surface area contributed by atoms with E-state index in [4.69, 9.17) is 0 Å². The molecule has 3 aromatic heterocycles. The highest BCUT2D eigenvalue weighted by atomic mass is 15.0. The Labute approximate surface area is 183 Å². The van der Waals surface area contributed by atoms with Gasteiger partial charge in [0.05, 0.1) is 27.3 Å². The topological polar surface area (TPSA) is 8.29 Å². The standard InChI is InChI=1S/C29H29N2/c1-17-14-22-21-10-7-8-12-23(21)31-24-13-9-11-20-19(15-29(3,4)5)16-30(6)28(26(20)24)25(18(17)2)27(22)31/h7-14,16H,15H2,1-6H3/q+1. The number of rotatable bonds is 1. The molecule has 3 aromatic carbocycles. The number of hydrogen-bond donors (Lipinski definition) is 0. The van der Waals surface area contributed by atoms with Crippen LogP contribution >= 0.6 is 0 Å². The number of benzene rings is 3. The number of pyridine rings is 2. The molecule has 0 aliphatic heterocycles. The second-order valence-corrected chi connectivity index (χ2v) is 10.5. The Morgan fingerprint density at radius 1 is 0.839 bits per heavy atom. The first kappa shape index (κ1) is 18.6. The number of aryl methyl sites for hydroxylation is 3. The van der Waals surface area contributed by atoms with E-state index in [1.54, 1.807) is 0 Å². The first-order valence-electron chi connectivity index (χ1n) is 11.2. The van der Waals surface area contributed by atoms with Crippen molar-refractivity contribution in [1.82, 2.24) is 4.40 Å². The molecular weight excluding hydrogens is 376 g/mol. The van der Waals surface area contributed by atoms with Crippen LogP contribution in [-0.4, -0.2) is 4.40 Å². The molecule has 154 valence electrons. The fraction of sp³-hybridized carbons (Fsp3) is 0.276. The van der Waals surface area contributed by atoms with Crippen LogP contribution in [0.25, 0.3) is 49.0 Å². The molecular formula is C29H29N2+. The minimum atomic E-state index is 0.236. The van der Waals surface area contributed by atoms with Crippen molar-refractivity contribution in [2.24, 2.45) is 12.5 Å². The van der Waals surface area contributed by atoms with Gasteiger partial charge < -0.3 is 4.40 Å². The molecule has 0 N–H and O–H groups in total. The molecule has 0 spiro atoms. The molecule has 6 rings (SSSR count). The third kappa shape index (κ3) is 2.42. The van der Waals surface area contributed by atoms with Crippen LogP contribution in [0.1, 0.15) is 37.5 Å². The zero-order chi connectivity index (χ0) is 21.7. The summed E-state index contributed by atoms with van der Waals surface area (Å²) < 4.78 is 4.90. The zero-order valence-corrected chi connectivity index (χ0v) is 19.3. The van der Waals surface area contributed by atoms with Crippen molar-refractivity contribution in [2.75, 3.05) is 0 Å². The average molecular weight is 406 g/mol. The predicted octanol–water partition coefficient (Wildman–Crippen LogP) is 7.02. The fourth-order valence-electron chi connectivity index (χ4n) is 5.70. The number of hydrogen-bond acceptors (Lipinski definition) is 0. The third-order valence-electron chi connectivity index (χ3n) is 7.00. The van der Waals surface area contributed by atoms with E-state index >= 15 is 0 Å². The number of nitrogens with zero attached hydrogens (tertiary/aromatic N) is 2. The van der Waals surface area contributed by atoms with E-state index in [0.29, 0.717) is 0 Å². The van der Waals surface area contributed by atoms with E-state index in [1.807, 2.05) is 0 Å². The van der Waals surface area contributed by atoms with Gasteiger partial charge in [0.25, 0.3) is 0 Å². The maximum Gasteiger partial charge on any atom is 0.224 e. The molecule has 0 bridgehead atoms. The predicted molar refractivity (Wildman–Crippen MR) is 132 cm³/mol. The second-order valence-electron chi connectivity index (χ2n) is 10.5. The molecule has 0 aliphatic rings. The summed E-state index contributed by atoms with van der Waals surface area (Å²) >= 11 is 0. The Kier molecular flexibility index (Phi) is 3.59. The molecule has 0 unspecified atom stereocenters. The van der Waals surface area contributed by atoms with Crippen LogP contribution < -0.4 is 4.57 Å². The summed E-state index contributed by atoms with van der Waals surface area (Å²) in [5.41, 5.74) is 9.71. The molecule has 6 aromatic rings. The van der Waals surface area contributed by atoms with Crippen molar-refractivity contribution in [1.29, 1.82) is 0 Å². The normalized spacial score (nSPS) is 13.0. The van der Waals surface area contributed by atoms with Gasteiger partial charge in [-0.25, -0.2) is 4.57 Å². The van der Waals surface area contributed by atoms with Crippen LogP contribution in [0, 0.1) is 19.3 Å². The lowest BCUT2D eigenvalue weighted by molar-refractivity contribution is -0.644. The van der Waals surface area contributed by atoms with Gasteiger partial charge in [-0.1, -0.05) is 51.1 Å². The van der Waals surface area contributed by atoms with Gasteiger partial charge in [0.2, 0.25) is 5.52 Å². The smallest absolute Gasteiger partial charge is 0.224 e. The fourth-order valence-corrected chi connectivity index (χ4v) is 5.70. The zero-order valence-electron chi connectivity index (χ0n) is 19.3. The van der Waals surface area contributed by atoms with Crippen molar-refractivity contribution in [3.05, 3.63) is 71.4 Å². The molecule has 0 amide bonds. The van der Waals surface area contributed by atoms with Gasteiger partial charge >= 0.3 is 0 Å². The van der Waals surface area contributed by atoms with E-state index in [0.717, 1.165) is 6.42 Å². The minimum absolute atomic E-state index is 0.236. The third-order valence-corrected chi connectivity index (χ3v) is 7.00. The molecule has 0 saturated heterocycles. The van der Waals surface area contributed by atoms with Gasteiger partial charge in [-0.15, -0.1) is 0 Å². The van der Waals surface area contributed by atoms with Crippen LogP contribution in [0.15, 0.2) is 54.7 Å². The van der Waals surface area contributed by atoms with Crippen LogP contribution in [0.4, 0.5) is 0 Å². The van der Waals surface area contributed by atoms with Crippen molar-refractivity contribution in [2.45, 2.75) is 41.0 Å². The molecule has 0 aliphatic carbocycles. The number of para-hydroxylation sites is 1. The lowest BCUT2D eigenvalue weighted by Gasteiger charge is -2.20. The van der Waals surface area contributed by atoms with E-state index in [-0.39, 0.29) is 5.41 Å². The first-order chi connectivity index (χ1) is 14.8. The monoisotopic (exact) mass is 405 g/mol. The summed E-state index contributed by atoms with van der Waals surface area (Å²) in [5, 5.41) is 6.85. The van der Waals surface area contributed by atoms with Crippen molar-refractivity contribution < 1.29 is 4.57 Å². The lowest BCUT2D eigenvalue weighted by Crippen LogP contribution is -2.31. The van der Waals surface area contributed by atoms with Crippen molar-refractivity contribution in [3.8, 4) is 0 Å². The Hall–Kier alpha value is -3.13. The van der Waals surface area contributed by atoms with Gasteiger partial charge in [-0.2, -0.15) is 0 Å². The molecule has 0 saturated carbocycles. The first-order valence-corrected chi connectivity index (χ1v) is 11.2.